The second-order valence-electron chi connectivity index (χ2n) is 5.39. The average molecular weight is 413 g/mol. The van der Waals surface area contributed by atoms with Crippen molar-refractivity contribution in [3.05, 3.63) is 69.1 Å². The maximum atomic E-state index is 13.6. The van der Waals surface area contributed by atoms with E-state index < -0.39 is 23.3 Å². The van der Waals surface area contributed by atoms with Crippen LogP contribution in [-0.4, -0.2) is 21.4 Å². The van der Waals surface area contributed by atoms with Gasteiger partial charge in [-0.05, 0) is 31.2 Å². The first-order valence-electron chi connectivity index (χ1n) is 7.58. The number of carbonyl (C=O) groups excluding carboxylic acids is 1. The molecule has 5 nitrogen and oxygen atoms in total. The van der Waals surface area contributed by atoms with Gasteiger partial charge in [-0.2, -0.15) is 23.4 Å². The number of benzene rings is 1. The van der Waals surface area contributed by atoms with Crippen LogP contribution in [0.15, 0.2) is 53.8 Å². The third-order valence-electron chi connectivity index (χ3n) is 3.54. The number of halogens is 4. The molecule has 0 fully saturated rings. The quantitative estimate of drug-likeness (QED) is 0.496. The molecule has 0 spiro atoms. The largest absolute Gasteiger partial charge is 0.434 e. The van der Waals surface area contributed by atoms with Gasteiger partial charge in [-0.3, -0.25) is 4.79 Å². The van der Waals surface area contributed by atoms with Crippen LogP contribution in [0.2, 0.25) is 4.34 Å². The SMILES string of the molecule is C/C(=N\NC(=O)c1cnn(-c2ccccc2)c1C(F)(F)F)c1ccc(Cl)s1. The van der Waals surface area contributed by atoms with Crippen molar-refractivity contribution in [2.75, 3.05) is 0 Å². The molecule has 1 N–H and O–H groups in total. The number of para-hydroxylation sites is 1. The number of hydrogen-bond donors (Lipinski definition) is 1. The van der Waals surface area contributed by atoms with Gasteiger partial charge in [0.15, 0.2) is 5.69 Å². The standard InChI is InChI=1S/C17H12ClF3N4OS/c1-10(13-7-8-14(18)27-13)23-24-16(26)12-9-22-25(15(12)17(19,20)21)11-5-3-2-4-6-11/h2-9H,1H3,(H,24,26)/b23-10+. The van der Waals surface area contributed by atoms with E-state index in [2.05, 4.69) is 15.6 Å². The number of hydrazone groups is 1. The van der Waals surface area contributed by atoms with Gasteiger partial charge in [0.1, 0.15) is 0 Å². The fraction of sp³-hybridized carbons (Fsp3) is 0.118. The Balaban J connectivity index is 1.92. The fourth-order valence-corrected chi connectivity index (χ4v) is 3.30. The summed E-state index contributed by atoms with van der Waals surface area (Å²) in [6, 6.07) is 11.1. The number of carbonyl (C=O) groups is 1. The molecule has 3 aromatic rings. The molecule has 3 rings (SSSR count). The molecule has 0 aliphatic carbocycles. The minimum absolute atomic E-state index is 0.191. The van der Waals surface area contributed by atoms with Crippen LogP contribution < -0.4 is 5.43 Å². The molecule has 0 aliphatic rings. The van der Waals surface area contributed by atoms with E-state index in [4.69, 9.17) is 11.6 Å². The number of nitrogens with one attached hydrogen (secondary N) is 1. The van der Waals surface area contributed by atoms with Crippen LogP contribution in [-0.2, 0) is 6.18 Å². The first kappa shape index (κ1) is 19.1. The van der Waals surface area contributed by atoms with E-state index in [1.54, 1.807) is 37.3 Å². The van der Waals surface area contributed by atoms with Crippen LogP contribution in [0.3, 0.4) is 0 Å². The highest BCUT2D eigenvalue weighted by Crippen LogP contribution is 2.33. The van der Waals surface area contributed by atoms with E-state index in [0.717, 1.165) is 6.20 Å². The molecule has 0 aliphatic heterocycles. The zero-order chi connectivity index (χ0) is 19.6. The Bertz CT molecular complexity index is 995. The fourth-order valence-electron chi connectivity index (χ4n) is 2.31. The highest BCUT2D eigenvalue weighted by Gasteiger charge is 2.40. The Morgan fingerprint density at radius 3 is 2.52 bits per heavy atom. The number of alkyl halides is 3. The second-order valence-corrected chi connectivity index (χ2v) is 7.11. The zero-order valence-corrected chi connectivity index (χ0v) is 15.4. The molecule has 1 amide bonds. The predicted molar refractivity (Wildman–Crippen MR) is 97.6 cm³/mol. The first-order chi connectivity index (χ1) is 12.8. The Hall–Kier alpha value is -2.65. The maximum Gasteiger partial charge on any atom is 0.434 e. The summed E-state index contributed by atoms with van der Waals surface area (Å²) in [5.41, 5.74) is 0.968. The molecule has 140 valence electrons. The van der Waals surface area contributed by atoms with E-state index in [9.17, 15) is 18.0 Å². The number of thiophene rings is 1. The maximum absolute atomic E-state index is 13.6. The van der Waals surface area contributed by atoms with Crippen LogP contribution >= 0.6 is 22.9 Å². The van der Waals surface area contributed by atoms with Gasteiger partial charge in [0.2, 0.25) is 0 Å². The molecule has 0 bridgehead atoms. The monoisotopic (exact) mass is 412 g/mol. The van der Waals surface area contributed by atoms with Crippen LogP contribution in [0, 0.1) is 0 Å². The van der Waals surface area contributed by atoms with Crippen molar-refractivity contribution in [3.8, 4) is 5.69 Å². The minimum Gasteiger partial charge on any atom is -0.267 e. The Kier molecular flexibility index (Phi) is 5.33. The third kappa shape index (κ3) is 4.20. The van der Waals surface area contributed by atoms with Crippen molar-refractivity contribution in [2.45, 2.75) is 13.1 Å². The van der Waals surface area contributed by atoms with Crippen molar-refractivity contribution in [1.82, 2.24) is 15.2 Å². The molecule has 0 saturated heterocycles. The van der Waals surface area contributed by atoms with Gasteiger partial charge < -0.3 is 0 Å². The van der Waals surface area contributed by atoms with Crippen molar-refractivity contribution in [1.29, 1.82) is 0 Å². The minimum atomic E-state index is -4.78. The summed E-state index contributed by atoms with van der Waals surface area (Å²) < 4.78 is 41.9. The van der Waals surface area contributed by atoms with Crippen LogP contribution in [0.25, 0.3) is 5.69 Å². The molecule has 0 saturated carbocycles. The Labute approximate surface area is 161 Å². The number of aromatic nitrogens is 2. The van der Waals surface area contributed by atoms with Crippen molar-refractivity contribution < 1.29 is 18.0 Å². The predicted octanol–water partition coefficient (Wildman–Crippen LogP) is 4.76. The number of amides is 1. The van der Waals surface area contributed by atoms with E-state index in [1.807, 2.05) is 0 Å². The van der Waals surface area contributed by atoms with Crippen LogP contribution in [0.4, 0.5) is 13.2 Å². The molecule has 0 unspecified atom stereocenters. The van der Waals surface area contributed by atoms with Gasteiger partial charge in [0, 0.05) is 0 Å². The topological polar surface area (TPSA) is 59.3 Å². The van der Waals surface area contributed by atoms with Gasteiger partial charge in [-0.25, -0.2) is 10.1 Å². The Morgan fingerprint density at radius 2 is 1.93 bits per heavy atom. The lowest BCUT2D eigenvalue weighted by Gasteiger charge is -2.12. The summed E-state index contributed by atoms with van der Waals surface area (Å²) in [7, 11) is 0. The van der Waals surface area contributed by atoms with E-state index in [1.165, 1.54) is 23.5 Å². The van der Waals surface area contributed by atoms with Crippen molar-refractivity contribution in [2.24, 2.45) is 5.10 Å². The number of hydrogen-bond acceptors (Lipinski definition) is 4. The van der Waals surface area contributed by atoms with Crippen LogP contribution in [0.5, 0.6) is 0 Å². The lowest BCUT2D eigenvalue weighted by molar-refractivity contribution is -0.143. The van der Waals surface area contributed by atoms with E-state index in [-0.39, 0.29) is 5.69 Å². The van der Waals surface area contributed by atoms with Gasteiger partial charge in [-0.1, -0.05) is 29.8 Å². The number of nitrogens with zero attached hydrogens (tertiary/aromatic N) is 3. The highest BCUT2D eigenvalue weighted by molar-refractivity contribution is 7.18. The summed E-state index contributed by atoms with van der Waals surface area (Å²) in [6.45, 7) is 1.61. The highest BCUT2D eigenvalue weighted by atomic mass is 35.5. The third-order valence-corrected chi connectivity index (χ3v) is 4.88. The number of rotatable bonds is 4. The van der Waals surface area contributed by atoms with E-state index in [0.29, 0.717) is 19.6 Å². The molecular formula is C17H12ClF3N4OS. The molecule has 27 heavy (non-hydrogen) atoms. The van der Waals surface area contributed by atoms with Gasteiger partial charge >= 0.3 is 6.18 Å². The Morgan fingerprint density at radius 1 is 1.22 bits per heavy atom. The molecule has 2 aromatic heterocycles. The van der Waals surface area contributed by atoms with Crippen molar-refractivity contribution >= 4 is 34.6 Å². The van der Waals surface area contributed by atoms with Gasteiger partial charge in [-0.15, -0.1) is 11.3 Å². The van der Waals surface area contributed by atoms with Gasteiger partial charge in [0.05, 0.1) is 32.4 Å². The molecule has 0 radical (unpaired) electrons. The smallest absolute Gasteiger partial charge is 0.267 e. The lowest BCUT2D eigenvalue weighted by atomic mass is 10.2. The zero-order valence-electron chi connectivity index (χ0n) is 13.8. The molecule has 2 heterocycles. The lowest BCUT2D eigenvalue weighted by Crippen LogP contribution is -2.24. The van der Waals surface area contributed by atoms with Crippen LogP contribution in [0.1, 0.15) is 27.9 Å². The average Bonchev–Trinajstić information content (AvgIpc) is 3.26. The molecular weight excluding hydrogens is 401 g/mol. The molecule has 1 aromatic carbocycles. The molecule has 0 atom stereocenters. The summed E-state index contributed by atoms with van der Waals surface area (Å²) in [4.78, 5) is 13.0. The van der Waals surface area contributed by atoms with Crippen molar-refractivity contribution in [3.63, 3.8) is 0 Å². The summed E-state index contributed by atoms with van der Waals surface area (Å²) >= 11 is 7.07. The summed E-state index contributed by atoms with van der Waals surface area (Å²) in [6.07, 6.45) is -3.91. The second kappa shape index (κ2) is 7.53. The normalized spacial score (nSPS) is 12.3. The summed E-state index contributed by atoms with van der Waals surface area (Å²) in [5.74, 6) is -1.01. The summed E-state index contributed by atoms with van der Waals surface area (Å²) in [5, 5.41) is 7.59. The van der Waals surface area contributed by atoms with Gasteiger partial charge in [0.25, 0.3) is 5.91 Å². The van der Waals surface area contributed by atoms with E-state index >= 15 is 0 Å². The molecule has 10 heteroatoms. The first-order valence-corrected chi connectivity index (χ1v) is 8.78.